The number of hydrogen-bond acceptors (Lipinski definition) is 4. The van der Waals surface area contributed by atoms with Crippen molar-refractivity contribution < 1.29 is 14.6 Å². The highest BCUT2D eigenvalue weighted by Crippen LogP contribution is 2.25. The van der Waals surface area contributed by atoms with Gasteiger partial charge >= 0.3 is 5.97 Å². The van der Waals surface area contributed by atoms with Gasteiger partial charge in [0.1, 0.15) is 6.10 Å². The van der Waals surface area contributed by atoms with Crippen molar-refractivity contribution in [1.82, 2.24) is 9.78 Å². The Morgan fingerprint density at radius 1 is 1.59 bits per heavy atom. The average molecular weight is 240 g/mol. The molecule has 96 valence electrons. The van der Waals surface area contributed by atoms with Gasteiger partial charge in [0, 0.05) is 12.5 Å². The molecule has 1 atom stereocenters. The third kappa shape index (κ3) is 3.30. The van der Waals surface area contributed by atoms with Crippen LogP contribution in [0, 0.1) is 0 Å². The molecule has 1 aromatic heterocycles. The molecule has 0 aliphatic carbocycles. The van der Waals surface area contributed by atoms with E-state index in [-0.39, 0.29) is 11.8 Å². The molecule has 0 bridgehead atoms. The Morgan fingerprint density at radius 2 is 2.18 bits per heavy atom. The second kappa shape index (κ2) is 4.87. The van der Waals surface area contributed by atoms with Crippen molar-refractivity contribution in [1.29, 1.82) is 0 Å². The van der Waals surface area contributed by atoms with Gasteiger partial charge in [-0.1, -0.05) is 20.8 Å². The third-order valence-electron chi connectivity index (χ3n) is 2.61. The summed E-state index contributed by atoms with van der Waals surface area (Å²) in [5, 5.41) is 14.3. The van der Waals surface area contributed by atoms with Gasteiger partial charge in [-0.15, -0.1) is 0 Å². The maximum Gasteiger partial charge on any atom is 0.308 e. The van der Waals surface area contributed by atoms with E-state index in [9.17, 15) is 9.90 Å². The molecule has 1 N–H and O–H groups in total. The summed E-state index contributed by atoms with van der Waals surface area (Å²) in [4.78, 5) is 11.1. The first kappa shape index (κ1) is 13.7. The minimum Gasteiger partial charge on any atom is -0.469 e. The zero-order valence-corrected chi connectivity index (χ0v) is 11.0. The number of carbonyl (C=O) groups is 1. The summed E-state index contributed by atoms with van der Waals surface area (Å²) in [5.41, 5.74) is 1.43. The van der Waals surface area contributed by atoms with E-state index in [1.165, 1.54) is 7.11 Å². The Kier molecular flexibility index (Phi) is 3.93. The quantitative estimate of drug-likeness (QED) is 0.809. The van der Waals surface area contributed by atoms with Gasteiger partial charge in [0.2, 0.25) is 0 Å². The minimum atomic E-state index is -0.879. The highest BCUT2D eigenvalue weighted by Gasteiger charge is 2.23. The van der Waals surface area contributed by atoms with Crippen LogP contribution < -0.4 is 0 Å². The van der Waals surface area contributed by atoms with Crippen LogP contribution >= 0.6 is 0 Å². The summed E-state index contributed by atoms with van der Waals surface area (Å²) in [5.74, 6) is -0.434. The zero-order chi connectivity index (χ0) is 13.2. The van der Waals surface area contributed by atoms with Crippen LogP contribution in [0.4, 0.5) is 0 Å². The molecular weight excluding hydrogens is 220 g/mol. The van der Waals surface area contributed by atoms with E-state index in [0.717, 1.165) is 5.69 Å². The lowest BCUT2D eigenvalue weighted by atomic mass is 9.92. The molecule has 0 amide bonds. The van der Waals surface area contributed by atoms with E-state index in [1.807, 2.05) is 26.8 Å². The first-order chi connectivity index (χ1) is 7.75. The van der Waals surface area contributed by atoms with Crippen LogP contribution in [0.25, 0.3) is 0 Å². The Labute approximate surface area is 101 Å². The van der Waals surface area contributed by atoms with Gasteiger partial charge in [-0.05, 0) is 6.07 Å². The summed E-state index contributed by atoms with van der Waals surface area (Å²) in [6.07, 6.45) is -0.935. The summed E-state index contributed by atoms with van der Waals surface area (Å²) >= 11 is 0. The Hall–Kier alpha value is -1.36. The van der Waals surface area contributed by atoms with Gasteiger partial charge in [0.05, 0.1) is 24.9 Å². The molecule has 0 aliphatic rings. The van der Waals surface area contributed by atoms with Gasteiger partial charge in [-0.3, -0.25) is 9.48 Å². The number of aromatic nitrogens is 2. The molecule has 0 aliphatic heterocycles. The number of hydrogen-bond donors (Lipinski definition) is 1. The van der Waals surface area contributed by atoms with Crippen LogP contribution in [-0.2, 0) is 22.0 Å². The van der Waals surface area contributed by atoms with E-state index in [4.69, 9.17) is 0 Å². The van der Waals surface area contributed by atoms with Crippen molar-refractivity contribution in [3.8, 4) is 0 Å². The largest absolute Gasteiger partial charge is 0.469 e. The fourth-order valence-corrected chi connectivity index (χ4v) is 1.51. The molecule has 0 spiro atoms. The fraction of sp³-hybridized carbons (Fsp3) is 0.667. The number of rotatable bonds is 3. The van der Waals surface area contributed by atoms with Crippen LogP contribution in [0.3, 0.4) is 0 Å². The van der Waals surface area contributed by atoms with Crippen LogP contribution in [-0.4, -0.2) is 28.0 Å². The zero-order valence-electron chi connectivity index (χ0n) is 11.0. The summed E-state index contributed by atoms with van der Waals surface area (Å²) in [7, 11) is 3.06. The van der Waals surface area contributed by atoms with Crippen LogP contribution in [0.1, 0.15) is 44.7 Å². The normalized spacial score (nSPS) is 13.5. The van der Waals surface area contributed by atoms with Crippen LogP contribution in [0.2, 0.25) is 0 Å². The van der Waals surface area contributed by atoms with Gasteiger partial charge in [-0.25, -0.2) is 0 Å². The molecule has 5 nitrogen and oxygen atoms in total. The van der Waals surface area contributed by atoms with Crippen molar-refractivity contribution in [2.45, 2.75) is 38.7 Å². The predicted octanol–water partition coefficient (Wildman–Crippen LogP) is 1.31. The topological polar surface area (TPSA) is 64.3 Å². The molecule has 0 aromatic carbocycles. The summed E-state index contributed by atoms with van der Waals surface area (Å²) in [6, 6.07) is 1.83. The summed E-state index contributed by atoms with van der Waals surface area (Å²) < 4.78 is 6.13. The van der Waals surface area contributed by atoms with Gasteiger partial charge < -0.3 is 9.84 Å². The van der Waals surface area contributed by atoms with Gasteiger partial charge in [0.15, 0.2) is 0 Å². The number of ether oxygens (including phenoxy) is 1. The fourth-order valence-electron chi connectivity index (χ4n) is 1.51. The van der Waals surface area contributed by atoms with Crippen LogP contribution in [0.5, 0.6) is 0 Å². The second-order valence-corrected chi connectivity index (χ2v) is 5.12. The number of methoxy groups -OCH3 is 1. The lowest BCUT2D eigenvalue weighted by Crippen LogP contribution is -2.12. The van der Waals surface area contributed by atoms with E-state index >= 15 is 0 Å². The van der Waals surface area contributed by atoms with E-state index < -0.39 is 12.1 Å². The molecular formula is C12H20N2O3. The predicted molar refractivity (Wildman–Crippen MR) is 63.5 cm³/mol. The molecule has 0 unspecified atom stereocenters. The van der Waals surface area contributed by atoms with E-state index in [2.05, 4.69) is 9.84 Å². The maximum absolute atomic E-state index is 11.1. The Bertz CT molecular complexity index is 404. The highest BCUT2D eigenvalue weighted by atomic mass is 16.5. The standard InChI is InChI=1S/C12H20N2O3/c1-12(2,3)10-6-8(14(4)13-10)9(15)7-11(16)17-5/h6,9,15H,7H2,1-5H3/t9-/m0/s1. The molecule has 0 radical (unpaired) electrons. The first-order valence-corrected chi connectivity index (χ1v) is 5.55. The molecule has 1 aromatic rings. The van der Waals surface area contributed by atoms with Crippen molar-refractivity contribution in [3.05, 3.63) is 17.5 Å². The Balaban J connectivity index is 2.91. The number of carbonyl (C=O) groups excluding carboxylic acids is 1. The van der Waals surface area contributed by atoms with Crippen molar-refractivity contribution in [3.63, 3.8) is 0 Å². The van der Waals surface area contributed by atoms with Gasteiger partial charge in [0.25, 0.3) is 0 Å². The SMILES string of the molecule is COC(=O)C[C@H](O)c1cc(C(C)(C)C)nn1C. The van der Waals surface area contributed by atoms with Crippen molar-refractivity contribution in [2.75, 3.05) is 7.11 Å². The molecule has 0 fully saturated rings. The first-order valence-electron chi connectivity index (χ1n) is 5.55. The second-order valence-electron chi connectivity index (χ2n) is 5.12. The molecule has 0 saturated carbocycles. The number of aliphatic hydroxyl groups excluding tert-OH is 1. The number of esters is 1. The minimum absolute atomic E-state index is 0.0559. The highest BCUT2D eigenvalue weighted by molar-refractivity contribution is 5.69. The van der Waals surface area contributed by atoms with Crippen molar-refractivity contribution >= 4 is 5.97 Å². The third-order valence-corrected chi connectivity index (χ3v) is 2.61. The lowest BCUT2D eigenvalue weighted by Gasteiger charge is -2.13. The van der Waals surface area contributed by atoms with Crippen molar-refractivity contribution in [2.24, 2.45) is 7.05 Å². The number of aryl methyl sites for hydroxylation is 1. The Morgan fingerprint density at radius 3 is 2.59 bits per heavy atom. The molecule has 1 rings (SSSR count). The lowest BCUT2D eigenvalue weighted by molar-refractivity contribution is -0.143. The van der Waals surface area contributed by atoms with Gasteiger partial charge in [-0.2, -0.15) is 5.10 Å². The summed E-state index contributed by atoms with van der Waals surface area (Å²) in [6.45, 7) is 6.14. The monoisotopic (exact) mass is 240 g/mol. The number of aliphatic hydroxyl groups is 1. The molecule has 17 heavy (non-hydrogen) atoms. The van der Waals surface area contributed by atoms with Crippen LogP contribution in [0.15, 0.2) is 6.07 Å². The van der Waals surface area contributed by atoms with E-state index in [0.29, 0.717) is 5.69 Å². The molecule has 0 saturated heterocycles. The van der Waals surface area contributed by atoms with E-state index in [1.54, 1.807) is 11.7 Å². The smallest absolute Gasteiger partial charge is 0.308 e. The average Bonchev–Trinajstić information content (AvgIpc) is 2.59. The maximum atomic E-state index is 11.1. The molecule has 1 heterocycles. The number of nitrogens with zero attached hydrogens (tertiary/aromatic N) is 2. The molecule has 5 heteroatoms.